The number of nitrogens with zero attached hydrogens (tertiary/aromatic N) is 2. The number of anilines is 2. The fourth-order valence-corrected chi connectivity index (χ4v) is 5.41. The second kappa shape index (κ2) is 9.84. The molecule has 2 N–H and O–H groups in total. The van der Waals surface area contributed by atoms with Gasteiger partial charge in [0, 0.05) is 30.0 Å². The highest BCUT2D eigenvalue weighted by atomic mass is 32.2. The van der Waals surface area contributed by atoms with Crippen LogP contribution in [-0.4, -0.2) is 32.4 Å². The molecular weight excluding hydrogens is 456 g/mol. The number of benzene rings is 2. The van der Waals surface area contributed by atoms with Crippen molar-refractivity contribution >= 4 is 46.7 Å². The van der Waals surface area contributed by atoms with Gasteiger partial charge in [-0.15, -0.1) is 11.8 Å². The number of rotatable bonds is 6. The van der Waals surface area contributed by atoms with Crippen LogP contribution in [0.5, 0.6) is 0 Å². The van der Waals surface area contributed by atoms with Gasteiger partial charge in [0.1, 0.15) is 0 Å². The molecular formula is C24H24N4O3S2. The lowest BCUT2D eigenvalue weighted by atomic mass is 10.2. The Morgan fingerprint density at radius 2 is 1.73 bits per heavy atom. The quantitative estimate of drug-likeness (QED) is 0.404. The average molecular weight is 481 g/mol. The fourth-order valence-electron chi connectivity index (χ4n) is 3.49. The van der Waals surface area contributed by atoms with Crippen LogP contribution in [0.25, 0.3) is 5.69 Å². The molecule has 1 unspecified atom stereocenters. The molecule has 9 heteroatoms. The number of aromatic nitrogens is 2. The normalized spacial score (nSPS) is 14.6. The number of amides is 2. The second-order valence-electron chi connectivity index (χ2n) is 7.87. The standard InChI is InChI=1S/C24H24N4O3S2/c1-14-4-10-19(11-5-14)28-23(31)22-20(12-15(2)33-22)27-24(28)32-13-21(30)26-18-8-6-17(7-9-18)25-16(3)29/h4-11,15H,12-13H2,1-3H3,(H,25,29)(H,26,30). The molecule has 0 aliphatic carbocycles. The van der Waals surface area contributed by atoms with Crippen molar-refractivity contribution in [3.05, 3.63) is 70.1 Å². The van der Waals surface area contributed by atoms with E-state index in [1.165, 1.54) is 18.7 Å². The first-order chi connectivity index (χ1) is 15.8. The zero-order valence-electron chi connectivity index (χ0n) is 18.5. The minimum absolute atomic E-state index is 0.0883. The van der Waals surface area contributed by atoms with E-state index in [9.17, 15) is 14.4 Å². The molecule has 3 aromatic rings. The van der Waals surface area contributed by atoms with Gasteiger partial charge in [-0.3, -0.25) is 19.0 Å². The van der Waals surface area contributed by atoms with Crippen LogP contribution in [0, 0.1) is 6.92 Å². The van der Waals surface area contributed by atoms with E-state index in [1.54, 1.807) is 40.6 Å². The predicted octanol–water partition coefficient (Wildman–Crippen LogP) is 4.27. The Hall–Kier alpha value is -3.04. The smallest absolute Gasteiger partial charge is 0.272 e. The SMILES string of the molecule is CC(=O)Nc1ccc(NC(=O)CSc2nc3c(c(=O)n2-c2ccc(C)cc2)SC(C)C3)cc1. The van der Waals surface area contributed by atoms with Gasteiger partial charge in [0.15, 0.2) is 5.16 Å². The summed E-state index contributed by atoms with van der Waals surface area (Å²) in [6.45, 7) is 5.52. The van der Waals surface area contributed by atoms with E-state index in [4.69, 9.17) is 4.98 Å². The maximum Gasteiger partial charge on any atom is 0.272 e. The Morgan fingerprint density at radius 1 is 1.09 bits per heavy atom. The lowest BCUT2D eigenvalue weighted by Gasteiger charge is -2.14. The number of carbonyl (C=O) groups is 2. The molecule has 1 aliphatic rings. The second-order valence-corrected chi connectivity index (χ2v) is 10.3. The first kappa shape index (κ1) is 23.1. The van der Waals surface area contributed by atoms with Crippen LogP contribution in [0.4, 0.5) is 11.4 Å². The molecule has 0 saturated heterocycles. The Bertz CT molecular complexity index is 1250. The molecule has 0 spiro atoms. The summed E-state index contributed by atoms with van der Waals surface area (Å²) in [5, 5.41) is 6.34. The predicted molar refractivity (Wildman–Crippen MR) is 134 cm³/mol. The van der Waals surface area contributed by atoms with Gasteiger partial charge in [0.25, 0.3) is 5.56 Å². The first-order valence-corrected chi connectivity index (χ1v) is 12.4. The zero-order chi connectivity index (χ0) is 23.5. The lowest BCUT2D eigenvalue weighted by molar-refractivity contribution is -0.114. The van der Waals surface area contributed by atoms with Crippen molar-refractivity contribution < 1.29 is 9.59 Å². The first-order valence-electron chi connectivity index (χ1n) is 10.5. The van der Waals surface area contributed by atoms with Gasteiger partial charge in [-0.1, -0.05) is 36.4 Å². The minimum atomic E-state index is -0.208. The molecule has 0 radical (unpaired) electrons. The maximum atomic E-state index is 13.3. The van der Waals surface area contributed by atoms with Gasteiger partial charge in [-0.25, -0.2) is 4.98 Å². The number of aryl methyl sites for hydroxylation is 1. The van der Waals surface area contributed by atoms with E-state index < -0.39 is 0 Å². The molecule has 0 saturated carbocycles. The van der Waals surface area contributed by atoms with Crippen LogP contribution in [0.15, 0.2) is 63.4 Å². The lowest BCUT2D eigenvalue weighted by Crippen LogP contribution is -2.24. The van der Waals surface area contributed by atoms with Crippen molar-refractivity contribution in [3.63, 3.8) is 0 Å². The summed E-state index contributed by atoms with van der Waals surface area (Å²) in [4.78, 5) is 42.5. The van der Waals surface area contributed by atoms with Crippen LogP contribution in [0.2, 0.25) is 0 Å². The van der Waals surface area contributed by atoms with E-state index in [0.29, 0.717) is 26.7 Å². The highest BCUT2D eigenvalue weighted by Gasteiger charge is 2.27. The molecule has 1 aliphatic heterocycles. The van der Waals surface area contributed by atoms with Crippen molar-refractivity contribution in [2.45, 2.75) is 42.5 Å². The van der Waals surface area contributed by atoms with Crippen molar-refractivity contribution in [2.24, 2.45) is 0 Å². The van der Waals surface area contributed by atoms with Gasteiger partial charge in [-0.2, -0.15) is 0 Å². The molecule has 0 bridgehead atoms. The molecule has 4 rings (SSSR count). The van der Waals surface area contributed by atoms with E-state index in [1.807, 2.05) is 31.2 Å². The third kappa shape index (κ3) is 5.48. The molecule has 170 valence electrons. The van der Waals surface area contributed by atoms with Crippen molar-refractivity contribution in [1.82, 2.24) is 9.55 Å². The summed E-state index contributed by atoms with van der Waals surface area (Å²) < 4.78 is 1.60. The molecule has 2 amide bonds. The number of carbonyl (C=O) groups excluding carboxylic acids is 2. The molecule has 7 nitrogen and oxygen atoms in total. The van der Waals surface area contributed by atoms with E-state index >= 15 is 0 Å². The van der Waals surface area contributed by atoms with Gasteiger partial charge in [0.2, 0.25) is 11.8 Å². The van der Waals surface area contributed by atoms with Crippen molar-refractivity contribution in [1.29, 1.82) is 0 Å². The van der Waals surface area contributed by atoms with Crippen LogP contribution < -0.4 is 16.2 Å². The van der Waals surface area contributed by atoms with E-state index in [0.717, 1.165) is 23.4 Å². The Kier molecular flexibility index (Phi) is 6.90. The van der Waals surface area contributed by atoms with Gasteiger partial charge >= 0.3 is 0 Å². The number of fused-ring (bicyclic) bond motifs is 1. The minimum Gasteiger partial charge on any atom is -0.326 e. The Labute approximate surface area is 200 Å². The number of hydrogen-bond acceptors (Lipinski definition) is 6. The number of nitrogens with one attached hydrogen (secondary N) is 2. The topological polar surface area (TPSA) is 93.1 Å². The van der Waals surface area contributed by atoms with E-state index in [-0.39, 0.29) is 23.1 Å². The molecule has 0 fully saturated rings. The molecule has 2 heterocycles. The van der Waals surface area contributed by atoms with Gasteiger partial charge < -0.3 is 10.6 Å². The number of hydrogen-bond donors (Lipinski definition) is 2. The summed E-state index contributed by atoms with van der Waals surface area (Å²) in [5.74, 6) is -0.259. The summed E-state index contributed by atoms with van der Waals surface area (Å²) >= 11 is 2.80. The monoisotopic (exact) mass is 480 g/mol. The summed E-state index contributed by atoms with van der Waals surface area (Å²) in [6.07, 6.45) is 0.740. The maximum absolute atomic E-state index is 13.3. The van der Waals surface area contributed by atoms with Gasteiger partial charge in [-0.05, 0) is 43.3 Å². The third-order valence-electron chi connectivity index (χ3n) is 4.99. The molecule has 33 heavy (non-hydrogen) atoms. The summed E-state index contributed by atoms with van der Waals surface area (Å²) in [7, 11) is 0. The Morgan fingerprint density at radius 3 is 2.36 bits per heavy atom. The Balaban J connectivity index is 1.54. The largest absolute Gasteiger partial charge is 0.326 e. The van der Waals surface area contributed by atoms with Crippen LogP contribution >= 0.6 is 23.5 Å². The average Bonchev–Trinajstić information content (AvgIpc) is 3.15. The van der Waals surface area contributed by atoms with Crippen molar-refractivity contribution in [2.75, 3.05) is 16.4 Å². The molecule has 2 aromatic carbocycles. The molecule has 1 aromatic heterocycles. The number of thioether (sulfide) groups is 2. The highest BCUT2D eigenvalue weighted by molar-refractivity contribution is 8.00. The van der Waals surface area contributed by atoms with Crippen LogP contribution in [0.3, 0.4) is 0 Å². The third-order valence-corrected chi connectivity index (χ3v) is 7.15. The van der Waals surface area contributed by atoms with Crippen LogP contribution in [0.1, 0.15) is 25.1 Å². The van der Waals surface area contributed by atoms with Gasteiger partial charge in [0.05, 0.1) is 22.0 Å². The summed E-state index contributed by atoms with van der Waals surface area (Å²) in [5.41, 5.74) is 3.83. The highest BCUT2D eigenvalue weighted by Crippen LogP contribution is 2.35. The van der Waals surface area contributed by atoms with E-state index in [2.05, 4.69) is 17.6 Å². The summed E-state index contributed by atoms with van der Waals surface area (Å²) in [6, 6.07) is 14.6. The fraction of sp³-hybridized carbons (Fsp3) is 0.250. The van der Waals surface area contributed by atoms with Crippen LogP contribution in [-0.2, 0) is 16.0 Å². The van der Waals surface area contributed by atoms with Crippen molar-refractivity contribution in [3.8, 4) is 5.69 Å². The molecule has 1 atom stereocenters. The zero-order valence-corrected chi connectivity index (χ0v) is 20.2.